The highest BCUT2D eigenvalue weighted by atomic mass is 32.2. The van der Waals surface area contributed by atoms with Crippen LogP contribution in [0.15, 0.2) is 47.4 Å². The number of sulfonamides is 1. The monoisotopic (exact) mass is 403 g/mol. The van der Waals surface area contributed by atoms with Crippen LogP contribution in [0, 0.1) is 0 Å². The summed E-state index contributed by atoms with van der Waals surface area (Å²) < 4.78 is 76.3. The molecule has 0 saturated heterocycles. The van der Waals surface area contributed by atoms with Crippen molar-refractivity contribution in [3.05, 3.63) is 53.6 Å². The van der Waals surface area contributed by atoms with E-state index in [1.807, 2.05) is 0 Å². The van der Waals surface area contributed by atoms with E-state index in [0.29, 0.717) is 19.0 Å². The molecule has 0 heterocycles. The van der Waals surface area contributed by atoms with Gasteiger partial charge in [-0.2, -0.15) is 13.2 Å². The fourth-order valence-corrected chi connectivity index (χ4v) is 3.35. The molecular weight excluding hydrogens is 383 g/mol. The molecule has 0 aliphatic heterocycles. The largest absolute Gasteiger partial charge is 0.490 e. The molecule has 2 aromatic carbocycles. The molecule has 0 aromatic heterocycles. The van der Waals surface area contributed by atoms with E-state index in [-0.39, 0.29) is 22.8 Å². The highest BCUT2D eigenvalue weighted by Gasteiger charge is 2.30. The van der Waals surface area contributed by atoms with E-state index >= 15 is 0 Å². The van der Waals surface area contributed by atoms with Crippen LogP contribution in [0.2, 0.25) is 0 Å². The summed E-state index contributed by atoms with van der Waals surface area (Å²) >= 11 is 0. The second kappa shape index (κ2) is 8.62. The topological polar surface area (TPSA) is 64.6 Å². The number of ether oxygens (including phenoxy) is 2. The van der Waals surface area contributed by atoms with Gasteiger partial charge in [0.25, 0.3) is 0 Å². The highest BCUT2D eigenvalue weighted by Crippen LogP contribution is 2.31. The van der Waals surface area contributed by atoms with E-state index in [0.717, 1.165) is 12.1 Å². The van der Waals surface area contributed by atoms with Gasteiger partial charge >= 0.3 is 6.18 Å². The lowest BCUT2D eigenvalue weighted by molar-refractivity contribution is -0.137. The summed E-state index contributed by atoms with van der Waals surface area (Å²) in [6.07, 6.45) is -4.49. The summed E-state index contributed by atoms with van der Waals surface area (Å²) in [5.74, 6) is 0.692. The molecule has 0 saturated carbocycles. The van der Waals surface area contributed by atoms with Crippen molar-refractivity contribution in [1.29, 1.82) is 0 Å². The van der Waals surface area contributed by atoms with Gasteiger partial charge in [-0.05, 0) is 37.6 Å². The van der Waals surface area contributed by atoms with Crippen molar-refractivity contribution in [1.82, 2.24) is 4.72 Å². The molecule has 1 N–H and O–H groups in total. The van der Waals surface area contributed by atoms with Crippen LogP contribution in [0.1, 0.15) is 25.0 Å². The van der Waals surface area contributed by atoms with Gasteiger partial charge < -0.3 is 9.47 Å². The SMILES string of the molecule is CCOc1ccc(S(=O)(=O)NCc2cccc(C(F)(F)F)c2)cc1OCC. The van der Waals surface area contributed by atoms with Gasteiger partial charge in [0.1, 0.15) is 0 Å². The first-order valence-electron chi connectivity index (χ1n) is 8.22. The predicted octanol–water partition coefficient (Wildman–Crippen LogP) is 3.98. The van der Waals surface area contributed by atoms with E-state index in [9.17, 15) is 21.6 Å². The summed E-state index contributed by atoms with van der Waals surface area (Å²) in [6.45, 7) is 3.98. The van der Waals surface area contributed by atoms with Crippen LogP contribution in [-0.4, -0.2) is 21.6 Å². The van der Waals surface area contributed by atoms with Crippen LogP contribution < -0.4 is 14.2 Å². The standard InChI is InChI=1S/C18H20F3NO4S/c1-3-25-16-9-8-15(11-17(16)26-4-2)27(23,24)22-12-13-6-5-7-14(10-13)18(19,20)21/h5-11,22H,3-4,12H2,1-2H3. The third-order valence-corrected chi connectivity index (χ3v) is 4.94. The molecule has 0 amide bonds. The molecule has 27 heavy (non-hydrogen) atoms. The Balaban J connectivity index is 2.20. The van der Waals surface area contributed by atoms with Crippen LogP contribution in [-0.2, 0) is 22.7 Å². The van der Waals surface area contributed by atoms with Crippen molar-refractivity contribution in [2.75, 3.05) is 13.2 Å². The van der Waals surface area contributed by atoms with Gasteiger partial charge in [-0.15, -0.1) is 0 Å². The van der Waals surface area contributed by atoms with Gasteiger partial charge in [0, 0.05) is 12.6 Å². The van der Waals surface area contributed by atoms with Crippen molar-refractivity contribution in [3.63, 3.8) is 0 Å². The van der Waals surface area contributed by atoms with Gasteiger partial charge in [0.15, 0.2) is 11.5 Å². The van der Waals surface area contributed by atoms with Crippen molar-refractivity contribution in [2.24, 2.45) is 0 Å². The molecule has 0 fully saturated rings. The Morgan fingerprint density at radius 2 is 1.63 bits per heavy atom. The van der Waals surface area contributed by atoms with Crippen molar-refractivity contribution >= 4 is 10.0 Å². The first-order valence-corrected chi connectivity index (χ1v) is 9.71. The lowest BCUT2D eigenvalue weighted by atomic mass is 10.1. The minimum atomic E-state index is -4.49. The number of rotatable bonds is 8. The maximum atomic E-state index is 12.8. The summed E-state index contributed by atoms with van der Waals surface area (Å²) in [5.41, 5.74) is -0.636. The summed E-state index contributed by atoms with van der Waals surface area (Å²) in [5, 5.41) is 0. The minimum Gasteiger partial charge on any atom is -0.490 e. The molecule has 2 rings (SSSR count). The van der Waals surface area contributed by atoms with Crippen LogP contribution in [0.5, 0.6) is 11.5 Å². The number of hydrogen-bond acceptors (Lipinski definition) is 4. The molecule has 2 aromatic rings. The average molecular weight is 403 g/mol. The Morgan fingerprint density at radius 1 is 0.963 bits per heavy atom. The van der Waals surface area contributed by atoms with Crippen LogP contribution in [0.4, 0.5) is 13.2 Å². The quantitative estimate of drug-likeness (QED) is 0.724. The Kier molecular flexibility index (Phi) is 6.72. The average Bonchev–Trinajstić information content (AvgIpc) is 2.61. The van der Waals surface area contributed by atoms with Gasteiger partial charge in [-0.1, -0.05) is 18.2 Å². The number of alkyl halides is 3. The lowest BCUT2D eigenvalue weighted by Crippen LogP contribution is -2.23. The zero-order valence-corrected chi connectivity index (χ0v) is 15.7. The zero-order valence-electron chi connectivity index (χ0n) is 14.8. The molecule has 0 spiro atoms. The van der Waals surface area contributed by atoms with Gasteiger partial charge in [0.05, 0.1) is 23.7 Å². The molecule has 5 nitrogen and oxygen atoms in total. The van der Waals surface area contributed by atoms with E-state index < -0.39 is 21.8 Å². The van der Waals surface area contributed by atoms with Crippen LogP contribution >= 0.6 is 0 Å². The third kappa shape index (κ3) is 5.61. The Bertz CT molecular complexity index is 882. The maximum absolute atomic E-state index is 12.8. The van der Waals surface area contributed by atoms with E-state index in [2.05, 4.69) is 4.72 Å². The molecule has 9 heteroatoms. The molecule has 0 bridgehead atoms. The smallest absolute Gasteiger partial charge is 0.416 e. The minimum absolute atomic E-state index is 0.0682. The molecule has 0 radical (unpaired) electrons. The van der Waals surface area contributed by atoms with Crippen LogP contribution in [0.3, 0.4) is 0 Å². The number of halogens is 3. The van der Waals surface area contributed by atoms with E-state index in [1.165, 1.54) is 30.3 Å². The fraction of sp³-hybridized carbons (Fsp3) is 0.333. The van der Waals surface area contributed by atoms with Gasteiger partial charge in [-0.25, -0.2) is 13.1 Å². The molecule has 0 aliphatic carbocycles. The lowest BCUT2D eigenvalue weighted by Gasteiger charge is -2.13. The molecular formula is C18H20F3NO4S. The summed E-state index contributed by atoms with van der Waals surface area (Å²) in [4.78, 5) is -0.0682. The van der Waals surface area contributed by atoms with E-state index in [4.69, 9.17) is 9.47 Å². The third-order valence-electron chi connectivity index (χ3n) is 3.55. The summed E-state index contributed by atoms with van der Waals surface area (Å²) in [6, 6.07) is 8.64. The Labute approximate surface area is 156 Å². The fourth-order valence-electron chi connectivity index (χ4n) is 2.32. The van der Waals surface area contributed by atoms with Crippen molar-refractivity contribution in [2.45, 2.75) is 31.5 Å². The first kappa shape index (κ1) is 21.0. The first-order chi connectivity index (χ1) is 12.7. The van der Waals surface area contributed by atoms with Gasteiger partial charge in [-0.3, -0.25) is 0 Å². The van der Waals surface area contributed by atoms with Crippen molar-refractivity contribution in [3.8, 4) is 11.5 Å². The highest BCUT2D eigenvalue weighted by molar-refractivity contribution is 7.89. The predicted molar refractivity (Wildman–Crippen MR) is 94.2 cm³/mol. The molecule has 0 unspecified atom stereocenters. The number of nitrogens with one attached hydrogen (secondary N) is 1. The second-order valence-electron chi connectivity index (χ2n) is 5.50. The normalized spacial score (nSPS) is 12.0. The van der Waals surface area contributed by atoms with Gasteiger partial charge in [0.2, 0.25) is 10.0 Å². The molecule has 148 valence electrons. The molecule has 0 aliphatic rings. The van der Waals surface area contributed by atoms with E-state index in [1.54, 1.807) is 13.8 Å². The summed E-state index contributed by atoms with van der Waals surface area (Å²) in [7, 11) is -3.95. The second-order valence-corrected chi connectivity index (χ2v) is 7.26. The number of benzene rings is 2. The Morgan fingerprint density at radius 3 is 2.26 bits per heavy atom. The number of hydrogen-bond donors (Lipinski definition) is 1. The molecule has 0 atom stereocenters. The zero-order chi connectivity index (χ0) is 20.1. The maximum Gasteiger partial charge on any atom is 0.416 e. The Hall–Kier alpha value is -2.26. The van der Waals surface area contributed by atoms with Crippen LogP contribution in [0.25, 0.3) is 0 Å². The van der Waals surface area contributed by atoms with Crippen molar-refractivity contribution < 1.29 is 31.1 Å².